The molecule has 0 N–H and O–H groups in total. The van der Waals surface area contributed by atoms with Crippen LogP contribution in [0.3, 0.4) is 0 Å². The van der Waals surface area contributed by atoms with Gasteiger partial charge in [-0.3, -0.25) is 4.98 Å². The van der Waals surface area contributed by atoms with Crippen LogP contribution in [0.15, 0.2) is 35.2 Å². The van der Waals surface area contributed by atoms with Gasteiger partial charge in [0.15, 0.2) is 4.73 Å². The van der Waals surface area contributed by atoms with Crippen molar-refractivity contribution >= 4 is 15.9 Å². The van der Waals surface area contributed by atoms with Crippen LogP contribution in [-0.4, -0.2) is 15.0 Å². The molecular formula is C12H12BrN3. The van der Waals surface area contributed by atoms with Crippen molar-refractivity contribution in [2.45, 2.75) is 19.8 Å². The Balaban J connectivity index is 2.50. The van der Waals surface area contributed by atoms with Crippen LogP contribution in [0.5, 0.6) is 0 Å². The van der Waals surface area contributed by atoms with Crippen LogP contribution < -0.4 is 0 Å². The molecule has 0 radical (unpaired) electrons. The van der Waals surface area contributed by atoms with Crippen LogP contribution in [-0.2, 0) is 0 Å². The lowest BCUT2D eigenvalue weighted by Gasteiger charge is -2.07. The van der Waals surface area contributed by atoms with Crippen molar-refractivity contribution in [3.63, 3.8) is 0 Å². The van der Waals surface area contributed by atoms with Gasteiger partial charge >= 0.3 is 0 Å². The molecule has 0 aliphatic heterocycles. The van der Waals surface area contributed by atoms with E-state index in [1.807, 2.05) is 24.3 Å². The number of hydrogen-bond acceptors (Lipinski definition) is 3. The van der Waals surface area contributed by atoms with E-state index in [4.69, 9.17) is 0 Å². The number of pyridine rings is 1. The average molecular weight is 278 g/mol. The number of hydrogen-bond donors (Lipinski definition) is 0. The molecule has 0 unspecified atom stereocenters. The van der Waals surface area contributed by atoms with E-state index < -0.39 is 0 Å². The van der Waals surface area contributed by atoms with Gasteiger partial charge in [0.2, 0.25) is 0 Å². The molecule has 0 saturated carbocycles. The van der Waals surface area contributed by atoms with Gasteiger partial charge < -0.3 is 0 Å². The highest BCUT2D eigenvalue weighted by atomic mass is 79.9. The van der Waals surface area contributed by atoms with Gasteiger partial charge in [0.1, 0.15) is 0 Å². The van der Waals surface area contributed by atoms with Gasteiger partial charge in [0.25, 0.3) is 0 Å². The largest absolute Gasteiger partial charge is 0.255 e. The van der Waals surface area contributed by atoms with E-state index in [-0.39, 0.29) is 0 Å². The van der Waals surface area contributed by atoms with Crippen LogP contribution in [0.4, 0.5) is 0 Å². The Labute approximate surface area is 103 Å². The predicted octanol–water partition coefficient (Wildman–Crippen LogP) is 3.42. The normalized spacial score (nSPS) is 10.8. The van der Waals surface area contributed by atoms with E-state index in [1.165, 1.54) is 0 Å². The minimum Gasteiger partial charge on any atom is -0.255 e. The Bertz CT molecular complexity index is 483. The molecule has 0 amide bonds. The maximum atomic E-state index is 4.34. The first-order valence-corrected chi connectivity index (χ1v) is 5.92. The van der Waals surface area contributed by atoms with Crippen molar-refractivity contribution in [1.29, 1.82) is 0 Å². The van der Waals surface area contributed by atoms with E-state index in [9.17, 15) is 0 Å². The van der Waals surface area contributed by atoms with Gasteiger partial charge in [-0.25, -0.2) is 9.97 Å². The van der Waals surface area contributed by atoms with Gasteiger partial charge in [-0.05, 0) is 40.0 Å². The van der Waals surface area contributed by atoms with Gasteiger partial charge in [0, 0.05) is 11.9 Å². The third kappa shape index (κ3) is 2.44. The first-order valence-electron chi connectivity index (χ1n) is 5.12. The Hall–Kier alpha value is -1.29. The molecule has 0 spiro atoms. The molecule has 16 heavy (non-hydrogen) atoms. The van der Waals surface area contributed by atoms with Crippen LogP contribution >= 0.6 is 15.9 Å². The molecule has 0 fully saturated rings. The third-order valence-corrected chi connectivity index (χ3v) is 2.59. The van der Waals surface area contributed by atoms with E-state index in [1.54, 1.807) is 6.20 Å². The standard InChI is InChI=1S/C12H12BrN3/c1-8(2)10-7-11(16-12(13)15-10)9-5-3-4-6-14-9/h3-8H,1-2H3. The van der Waals surface area contributed by atoms with E-state index >= 15 is 0 Å². The summed E-state index contributed by atoms with van der Waals surface area (Å²) in [7, 11) is 0. The maximum Gasteiger partial charge on any atom is 0.197 e. The van der Waals surface area contributed by atoms with E-state index in [2.05, 4.69) is 44.7 Å². The zero-order chi connectivity index (χ0) is 11.5. The minimum absolute atomic E-state index is 0.377. The van der Waals surface area contributed by atoms with Crippen molar-refractivity contribution in [1.82, 2.24) is 15.0 Å². The summed E-state index contributed by atoms with van der Waals surface area (Å²) >= 11 is 3.33. The fourth-order valence-corrected chi connectivity index (χ4v) is 1.77. The quantitative estimate of drug-likeness (QED) is 0.790. The summed E-state index contributed by atoms with van der Waals surface area (Å²) in [5, 5.41) is 0. The average Bonchev–Trinajstić information content (AvgIpc) is 2.29. The second kappa shape index (κ2) is 4.70. The van der Waals surface area contributed by atoms with Crippen LogP contribution in [0, 0.1) is 0 Å². The number of aromatic nitrogens is 3. The summed E-state index contributed by atoms with van der Waals surface area (Å²) in [5.74, 6) is 0.377. The highest BCUT2D eigenvalue weighted by Crippen LogP contribution is 2.21. The summed E-state index contributed by atoms with van der Waals surface area (Å²) in [5.41, 5.74) is 2.74. The molecule has 0 aliphatic rings. The lowest BCUT2D eigenvalue weighted by atomic mass is 10.1. The molecule has 82 valence electrons. The number of halogens is 1. The summed E-state index contributed by atoms with van der Waals surface area (Å²) in [6, 6.07) is 7.77. The highest BCUT2D eigenvalue weighted by Gasteiger charge is 2.08. The Morgan fingerprint density at radius 3 is 2.56 bits per heavy atom. The minimum atomic E-state index is 0.377. The molecule has 0 aromatic carbocycles. The molecule has 2 heterocycles. The van der Waals surface area contributed by atoms with Crippen molar-refractivity contribution in [2.75, 3.05) is 0 Å². The molecule has 4 heteroatoms. The topological polar surface area (TPSA) is 38.7 Å². The van der Waals surface area contributed by atoms with Crippen LogP contribution in [0.25, 0.3) is 11.4 Å². The van der Waals surface area contributed by atoms with E-state index in [0.29, 0.717) is 10.7 Å². The van der Waals surface area contributed by atoms with Gasteiger partial charge in [-0.15, -0.1) is 0 Å². The zero-order valence-corrected chi connectivity index (χ0v) is 10.8. The molecular weight excluding hydrogens is 266 g/mol. The molecule has 0 bridgehead atoms. The monoisotopic (exact) mass is 277 g/mol. The van der Waals surface area contributed by atoms with Crippen molar-refractivity contribution < 1.29 is 0 Å². The smallest absolute Gasteiger partial charge is 0.197 e. The van der Waals surface area contributed by atoms with Gasteiger partial charge in [-0.2, -0.15) is 0 Å². The third-order valence-electron chi connectivity index (χ3n) is 2.24. The molecule has 3 nitrogen and oxygen atoms in total. The fourth-order valence-electron chi connectivity index (χ4n) is 1.38. The Kier molecular flexibility index (Phi) is 3.29. The second-order valence-corrected chi connectivity index (χ2v) is 4.53. The van der Waals surface area contributed by atoms with Gasteiger partial charge in [-0.1, -0.05) is 19.9 Å². The highest BCUT2D eigenvalue weighted by molar-refractivity contribution is 9.10. The Morgan fingerprint density at radius 1 is 1.12 bits per heavy atom. The van der Waals surface area contributed by atoms with Crippen molar-refractivity contribution in [3.8, 4) is 11.4 Å². The summed E-state index contributed by atoms with van der Waals surface area (Å²) in [6.45, 7) is 4.22. The van der Waals surface area contributed by atoms with E-state index in [0.717, 1.165) is 17.1 Å². The van der Waals surface area contributed by atoms with Crippen LogP contribution in [0.1, 0.15) is 25.5 Å². The van der Waals surface area contributed by atoms with Crippen molar-refractivity contribution in [3.05, 3.63) is 40.9 Å². The predicted molar refractivity (Wildman–Crippen MR) is 67.1 cm³/mol. The lowest BCUT2D eigenvalue weighted by Crippen LogP contribution is -1.98. The summed E-state index contributed by atoms with van der Waals surface area (Å²) < 4.78 is 0.611. The molecule has 0 atom stereocenters. The molecule has 0 aliphatic carbocycles. The fraction of sp³-hybridized carbons (Fsp3) is 0.250. The lowest BCUT2D eigenvalue weighted by molar-refractivity contribution is 0.807. The first-order chi connectivity index (χ1) is 7.66. The van der Waals surface area contributed by atoms with Gasteiger partial charge in [0.05, 0.1) is 11.4 Å². The maximum absolute atomic E-state index is 4.34. The van der Waals surface area contributed by atoms with Crippen molar-refractivity contribution in [2.24, 2.45) is 0 Å². The molecule has 2 rings (SSSR count). The van der Waals surface area contributed by atoms with Crippen LogP contribution in [0.2, 0.25) is 0 Å². The molecule has 2 aromatic rings. The number of nitrogens with zero attached hydrogens (tertiary/aromatic N) is 3. The second-order valence-electron chi connectivity index (χ2n) is 3.82. The SMILES string of the molecule is CC(C)c1cc(-c2ccccn2)nc(Br)n1. The first kappa shape index (κ1) is 11.2. The molecule has 0 saturated heterocycles. The Morgan fingerprint density at radius 2 is 1.94 bits per heavy atom. The zero-order valence-electron chi connectivity index (χ0n) is 9.18. The number of rotatable bonds is 2. The summed E-state index contributed by atoms with van der Waals surface area (Å²) in [4.78, 5) is 12.9. The molecule has 2 aromatic heterocycles. The summed E-state index contributed by atoms with van der Waals surface area (Å²) in [6.07, 6.45) is 1.76.